The third-order valence-corrected chi connectivity index (χ3v) is 3.18. The second kappa shape index (κ2) is 8.79. The minimum absolute atomic E-state index is 0.364. The molecule has 0 fully saturated rings. The van der Waals surface area contributed by atoms with Gasteiger partial charge in [-0.05, 0) is 24.3 Å². The lowest BCUT2D eigenvalue weighted by Crippen LogP contribution is -2.35. The Balaban J connectivity index is 1.80. The zero-order valence-electron chi connectivity index (χ0n) is 13.5. The molecule has 0 aliphatic heterocycles. The molecular formula is C17H12F4N2O4. The van der Waals surface area contributed by atoms with Crippen molar-refractivity contribution >= 4 is 23.5 Å². The third-order valence-electron chi connectivity index (χ3n) is 3.18. The summed E-state index contributed by atoms with van der Waals surface area (Å²) in [6.07, 6.45) is 0. The number of amides is 2. The van der Waals surface area contributed by atoms with E-state index in [4.69, 9.17) is 0 Å². The molecule has 0 heterocycles. The van der Waals surface area contributed by atoms with Crippen molar-refractivity contribution in [1.82, 2.24) is 5.32 Å². The fourth-order valence-corrected chi connectivity index (χ4v) is 1.88. The van der Waals surface area contributed by atoms with Crippen molar-refractivity contribution in [2.75, 3.05) is 18.5 Å². The molecule has 0 aliphatic carbocycles. The van der Waals surface area contributed by atoms with Gasteiger partial charge >= 0.3 is 5.97 Å². The van der Waals surface area contributed by atoms with Crippen LogP contribution < -0.4 is 10.6 Å². The summed E-state index contributed by atoms with van der Waals surface area (Å²) in [7, 11) is 0. The van der Waals surface area contributed by atoms with Crippen molar-refractivity contribution in [2.24, 2.45) is 0 Å². The summed E-state index contributed by atoms with van der Waals surface area (Å²) in [6, 6.07) is 6.41. The fraction of sp³-hybridized carbons (Fsp3) is 0.118. The number of carbonyl (C=O) groups is 3. The van der Waals surface area contributed by atoms with Gasteiger partial charge in [0.2, 0.25) is 5.91 Å². The lowest BCUT2D eigenvalue weighted by Gasteiger charge is -2.09. The minimum Gasteiger partial charge on any atom is -0.452 e. The summed E-state index contributed by atoms with van der Waals surface area (Å²) in [6.45, 7) is -1.45. The van der Waals surface area contributed by atoms with Crippen LogP contribution in [0.15, 0.2) is 36.4 Å². The van der Waals surface area contributed by atoms with Gasteiger partial charge in [-0.1, -0.05) is 12.1 Å². The molecule has 0 saturated carbocycles. The second-order valence-electron chi connectivity index (χ2n) is 5.10. The molecule has 0 aliphatic rings. The van der Waals surface area contributed by atoms with Gasteiger partial charge in [-0.15, -0.1) is 0 Å². The number of hydrogen-bond donors (Lipinski definition) is 2. The number of hydrogen-bond acceptors (Lipinski definition) is 4. The van der Waals surface area contributed by atoms with Crippen LogP contribution in [-0.4, -0.2) is 30.9 Å². The quantitative estimate of drug-likeness (QED) is 0.454. The standard InChI is InChI=1S/C17H12F4N2O4/c18-10-4-2-1-3-9(10)17(26)27-8-14(25)22-7-13(24)23-12-6-5-11(19)15(20)16(12)21/h1-6H,7-8H2,(H,22,25)(H,23,24). The normalized spacial score (nSPS) is 10.2. The highest BCUT2D eigenvalue weighted by Crippen LogP contribution is 2.19. The Morgan fingerprint density at radius 2 is 1.56 bits per heavy atom. The molecule has 0 unspecified atom stereocenters. The van der Waals surface area contributed by atoms with Crippen LogP contribution >= 0.6 is 0 Å². The van der Waals surface area contributed by atoms with Gasteiger partial charge in [0.1, 0.15) is 5.82 Å². The van der Waals surface area contributed by atoms with Crippen molar-refractivity contribution < 1.29 is 36.7 Å². The predicted molar refractivity (Wildman–Crippen MR) is 84.6 cm³/mol. The maximum Gasteiger partial charge on any atom is 0.341 e. The van der Waals surface area contributed by atoms with Crippen LogP contribution in [0.2, 0.25) is 0 Å². The van der Waals surface area contributed by atoms with Gasteiger partial charge in [0.25, 0.3) is 5.91 Å². The molecule has 2 rings (SSSR count). The smallest absolute Gasteiger partial charge is 0.341 e. The number of benzene rings is 2. The van der Waals surface area contributed by atoms with Gasteiger partial charge in [0, 0.05) is 0 Å². The SMILES string of the molecule is O=C(COC(=O)c1ccccc1F)NCC(=O)Nc1ccc(F)c(F)c1F. The van der Waals surface area contributed by atoms with Gasteiger partial charge < -0.3 is 15.4 Å². The van der Waals surface area contributed by atoms with E-state index in [0.717, 1.165) is 12.1 Å². The largest absolute Gasteiger partial charge is 0.452 e. The fourth-order valence-electron chi connectivity index (χ4n) is 1.88. The Morgan fingerprint density at radius 1 is 0.852 bits per heavy atom. The molecule has 2 amide bonds. The highest BCUT2D eigenvalue weighted by Gasteiger charge is 2.17. The van der Waals surface area contributed by atoms with Gasteiger partial charge in [0.15, 0.2) is 24.1 Å². The van der Waals surface area contributed by atoms with Crippen LogP contribution in [0.3, 0.4) is 0 Å². The number of nitrogens with one attached hydrogen (secondary N) is 2. The lowest BCUT2D eigenvalue weighted by atomic mass is 10.2. The first-order valence-corrected chi connectivity index (χ1v) is 7.41. The first-order chi connectivity index (χ1) is 12.8. The van der Waals surface area contributed by atoms with E-state index in [1.165, 1.54) is 18.2 Å². The van der Waals surface area contributed by atoms with E-state index in [1.54, 1.807) is 0 Å². The van der Waals surface area contributed by atoms with Crippen LogP contribution in [0.4, 0.5) is 23.2 Å². The Kier molecular flexibility index (Phi) is 6.47. The van der Waals surface area contributed by atoms with E-state index < -0.39 is 59.9 Å². The Hall–Kier alpha value is -3.43. The number of anilines is 1. The molecule has 2 N–H and O–H groups in total. The summed E-state index contributed by atoms with van der Waals surface area (Å²) < 4.78 is 57.2. The molecule has 10 heteroatoms. The molecule has 2 aromatic carbocycles. The molecule has 0 spiro atoms. The predicted octanol–water partition coefficient (Wildman–Crippen LogP) is 2.15. The Morgan fingerprint density at radius 3 is 2.26 bits per heavy atom. The van der Waals surface area contributed by atoms with Gasteiger partial charge in [-0.25, -0.2) is 22.4 Å². The minimum atomic E-state index is -1.75. The highest BCUT2D eigenvalue weighted by molar-refractivity contribution is 5.95. The van der Waals surface area contributed by atoms with E-state index in [0.29, 0.717) is 6.07 Å². The van der Waals surface area contributed by atoms with E-state index in [9.17, 15) is 31.9 Å². The van der Waals surface area contributed by atoms with E-state index in [2.05, 4.69) is 10.1 Å². The summed E-state index contributed by atoms with van der Waals surface area (Å²) >= 11 is 0. The maximum atomic E-state index is 13.4. The van der Waals surface area contributed by atoms with Crippen molar-refractivity contribution in [3.05, 3.63) is 65.2 Å². The van der Waals surface area contributed by atoms with Crippen molar-refractivity contribution in [1.29, 1.82) is 0 Å². The maximum absolute atomic E-state index is 13.4. The average Bonchev–Trinajstić information content (AvgIpc) is 2.65. The number of esters is 1. The van der Waals surface area contributed by atoms with Crippen LogP contribution in [-0.2, 0) is 14.3 Å². The van der Waals surface area contributed by atoms with E-state index >= 15 is 0 Å². The highest BCUT2D eigenvalue weighted by atomic mass is 19.2. The van der Waals surface area contributed by atoms with Crippen LogP contribution in [0, 0.1) is 23.3 Å². The molecule has 27 heavy (non-hydrogen) atoms. The van der Waals surface area contributed by atoms with Crippen molar-refractivity contribution in [3.8, 4) is 0 Å². The molecular weight excluding hydrogens is 372 g/mol. The number of carbonyl (C=O) groups excluding carboxylic acids is 3. The zero-order chi connectivity index (χ0) is 20.0. The summed E-state index contributed by atoms with van der Waals surface area (Å²) in [5.74, 6) is -8.48. The van der Waals surface area contributed by atoms with Crippen LogP contribution in [0.1, 0.15) is 10.4 Å². The zero-order valence-corrected chi connectivity index (χ0v) is 13.5. The number of ether oxygens (including phenoxy) is 1. The molecule has 0 aromatic heterocycles. The Labute approximate surface area is 150 Å². The number of rotatable bonds is 6. The van der Waals surface area contributed by atoms with E-state index in [1.807, 2.05) is 5.32 Å². The van der Waals surface area contributed by atoms with Gasteiger partial charge in [0.05, 0.1) is 17.8 Å². The molecule has 0 radical (unpaired) electrons. The lowest BCUT2D eigenvalue weighted by molar-refractivity contribution is -0.126. The third kappa shape index (κ3) is 5.27. The monoisotopic (exact) mass is 384 g/mol. The average molecular weight is 384 g/mol. The molecule has 0 saturated heterocycles. The topological polar surface area (TPSA) is 84.5 Å². The first kappa shape index (κ1) is 19.9. The molecule has 6 nitrogen and oxygen atoms in total. The molecule has 142 valence electrons. The summed E-state index contributed by atoms with van der Waals surface area (Å²) in [4.78, 5) is 34.8. The van der Waals surface area contributed by atoms with Gasteiger partial charge in [-0.2, -0.15) is 0 Å². The van der Waals surface area contributed by atoms with Gasteiger partial charge in [-0.3, -0.25) is 9.59 Å². The summed E-state index contributed by atoms with van der Waals surface area (Å²) in [5, 5.41) is 4.00. The number of halogens is 4. The second-order valence-corrected chi connectivity index (χ2v) is 5.10. The van der Waals surface area contributed by atoms with E-state index in [-0.39, 0.29) is 5.56 Å². The van der Waals surface area contributed by atoms with Crippen LogP contribution in [0.5, 0.6) is 0 Å². The van der Waals surface area contributed by atoms with Crippen molar-refractivity contribution in [2.45, 2.75) is 0 Å². The van der Waals surface area contributed by atoms with Crippen molar-refractivity contribution in [3.63, 3.8) is 0 Å². The van der Waals surface area contributed by atoms with Crippen LogP contribution in [0.25, 0.3) is 0 Å². The summed E-state index contributed by atoms with van der Waals surface area (Å²) in [5.41, 5.74) is -0.976. The Bertz CT molecular complexity index is 889. The first-order valence-electron chi connectivity index (χ1n) is 7.41. The molecule has 2 aromatic rings. The molecule has 0 bridgehead atoms. The molecule has 0 atom stereocenters.